The van der Waals surface area contributed by atoms with Gasteiger partial charge in [0.1, 0.15) is 17.0 Å². The summed E-state index contributed by atoms with van der Waals surface area (Å²) in [7, 11) is 3.53. The average molecular weight is 415 g/mol. The van der Waals surface area contributed by atoms with E-state index in [1.807, 2.05) is 0 Å². The molecule has 7 heteroatoms. The van der Waals surface area contributed by atoms with E-state index in [1.165, 1.54) is 12.5 Å². The van der Waals surface area contributed by atoms with Crippen molar-refractivity contribution in [1.29, 1.82) is 0 Å². The molecule has 5 nitrogen and oxygen atoms in total. The number of aryl methyl sites for hydroxylation is 1. The van der Waals surface area contributed by atoms with Crippen LogP contribution in [0.5, 0.6) is 0 Å². The molecule has 1 aromatic carbocycles. The topological polar surface area (TPSA) is 51.0 Å². The first-order valence-corrected chi connectivity index (χ1v) is 10.2. The second-order valence-electron chi connectivity index (χ2n) is 8.01. The van der Waals surface area contributed by atoms with Crippen LogP contribution < -0.4 is 10.5 Å². The number of nitrogens with zero attached hydrogens (tertiary/aromatic N) is 4. The molecule has 1 atom stereocenters. The van der Waals surface area contributed by atoms with Gasteiger partial charge >= 0.3 is 0 Å². The van der Waals surface area contributed by atoms with Gasteiger partial charge in [-0.3, -0.25) is 9.36 Å². The van der Waals surface area contributed by atoms with Gasteiger partial charge in [0.25, 0.3) is 5.56 Å². The number of benzene rings is 1. The number of pyridine rings is 1. The number of hydrogen-bond donors (Lipinski definition) is 0. The Labute approximate surface area is 174 Å². The molecular formula is C22H24ClFN4O. The zero-order valence-electron chi connectivity index (χ0n) is 17.0. The number of anilines is 1. The first kappa shape index (κ1) is 19.8. The normalized spacial score (nSPS) is 15.4. The summed E-state index contributed by atoms with van der Waals surface area (Å²) in [6.45, 7) is 3.77. The van der Waals surface area contributed by atoms with Crippen molar-refractivity contribution in [2.24, 2.45) is 5.92 Å². The van der Waals surface area contributed by atoms with Crippen molar-refractivity contribution in [2.75, 3.05) is 19.0 Å². The molecular weight excluding hydrogens is 391 g/mol. The van der Waals surface area contributed by atoms with Crippen LogP contribution in [-0.4, -0.2) is 28.6 Å². The van der Waals surface area contributed by atoms with Crippen LogP contribution in [0.25, 0.3) is 22.3 Å². The SMILES string of the molecule is Cc1nc2c(-c3cc(F)c(N(C)C)cc3Cl)ccnc2n(C(C)C2CCC2)c1=O. The fraction of sp³-hybridized carbons (Fsp3) is 0.409. The van der Waals surface area contributed by atoms with Gasteiger partial charge in [0.2, 0.25) is 0 Å². The molecule has 0 bridgehead atoms. The second kappa shape index (κ2) is 7.41. The van der Waals surface area contributed by atoms with Gasteiger partial charge in [0.15, 0.2) is 5.65 Å². The average Bonchev–Trinajstić information content (AvgIpc) is 2.62. The van der Waals surface area contributed by atoms with Gasteiger partial charge in [-0.25, -0.2) is 14.4 Å². The molecule has 3 aromatic rings. The maximum atomic E-state index is 14.7. The standard InChI is InChI=1S/C22H24ClFN4O/c1-12-22(29)28(13(2)14-6-5-7-14)21-20(26-12)15(8-9-25-21)16-10-18(24)19(27(3)4)11-17(16)23/h8-11,13-14H,5-7H2,1-4H3. The van der Waals surface area contributed by atoms with E-state index >= 15 is 0 Å². The van der Waals surface area contributed by atoms with E-state index in [4.69, 9.17) is 11.6 Å². The maximum Gasteiger partial charge on any atom is 0.273 e. The number of halogens is 2. The molecule has 152 valence electrons. The van der Waals surface area contributed by atoms with Gasteiger partial charge < -0.3 is 4.90 Å². The first-order valence-electron chi connectivity index (χ1n) is 9.84. The quantitative estimate of drug-likeness (QED) is 0.603. The third-order valence-corrected chi connectivity index (χ3v) is 6.30. The van der Waals surface area contributed by atoms with Gasteiger partial charge in [-0.05, 0) is 50.8 Å². The second-order valence-corrected chi connectivity index (χ2v) is 8.42. The molecule has 2 heterocycles. The molecule has 4 rings (SSSR count). The molecule has 1 aliphatic carbocycles. The fourth-order valence-corrected chi connectivity index (χ4v) is 4.29. The highest BCUT2D eigenvalue weighted by Gasteiger charge is 2.28. The summed E-state index contributed by atoms with van der Waals surface area (Å²) < 4.78 is 16.4. The van der Waals surface area contributed by atoms with Crippen LogP contribution in [-0.2, 0) is 0 Å². The lowest BCUT2D eigenvalue weighted by Gasteiger charge is -2.33. The van der Waals surface area contributed by atoms with Crippen molar-refractivity contribution in [1.82, 2.24) is 14.5 Å². The van der Waals surface area contributed by atoms with Crippen molar-refractivity contribution in [3.05, 3.63) is 51.3 Å². The van der Waals surface area contributed by atoms with Gasteiger partial charge in [0, 0.05) is 37.5 Å². The molecule has 0 aliphatic heterocycles. The Balaban J connectivity index is 1.97. The molecule has 1 unspecified atom stereocenters. The summed E-state index contributed by atoms with van der Waals surface area (Å²) in [5.74, 6) is 0.0933. The smallest absolute Gasteiger partial charge is 0.273 e. The van der Waals surface area contributed by atoms with E-state index in [9.17, 15) is 9.18 Å². The molecule has 0 amide bonds. The van der Waals surface area contributed by atoms with Crippen LogP contribution in [0.2, 0.25) is 5.02 Å². The Morgan fingerprint density at radius 2 is 2.00 bits per heavy atom. The van der Waals surface area contributed by atoms with Crippen LogP contribution in [0.3, 0.4) is 0 Å². The lowest BCUT2D eigenvalue weighted by atomic mass is 9.80. The summed E-state index contributed by atoms with van der Waals surface area (Å²) in [6.07, 6.45) is 5.04. The lowest BCUT2D eigenvalue weighted by Crippen LogP contribution is -2.33. The minimum absolute atomic E-state index is 0.0338. The van der Waals surface area contributed by atoms with Crippen LogP contribution in [0.1, 0.15) is 37.9 Å². The zero-order chi connectivity index (χ0) is 20.9. The van der Waals surface area contributed by atoms with Crippen LogP contribution in [0.4, 0.5) is 10.1 Å². The summed E-state index contributed by atoms with van der Waals surface area (Å²) in [6, 6.07) is 4.84. The van der Waals surface area contributed by atoms with Crippen molar-refractivity contribution < 1.29 is 4.39 Å². The third kappa shape index (κ3) is 3.29. The molecule has 1 aliphatic rings. The number of aromatic nitrogens is 3. The lowest BCUT2D eigenvalue weighted by molar-refractivity contribution is 0.222. The third-order valence-electron chi connectivity index (χ3n) is 5.99. The Kier molecular flexibility index (Phi) is 5.07. The van der Waals surface area contributed by atoms with Crippen LogP contribution in [0, 0.1) is 18.7 Å². The number of hydrogen-bond acceptors (Lipinski definition) is 4. The van der Waals surface area contributed by atoms with Gasteiger partial charge in [-0.1, -0.05) is 18.0 Å². The predicted octanol–water partition coefficient (Wildman–Crippen LogP) is 4.99. The van der Waals surface area contributed by atoms with Crippen LogP contribution in [0.15, 0.2) is 29.2 Å². The van der Waals surface area contributed by atoms with E-state index < -0.39 is 0 Å². The molecule has 0 N–H and O–H groups in total. The molecule has 0 spiro atoms. The van der Waals surface area contributed by atoms with Gasteiger partial charge in [-0.15, -0.1) is 0 Å². The summed E-state index contributed by atoms with van der Waals surface area (Å²) in [5, 5.41) is 0.423. The Morgan fingerprint density at radius 1 is 1.28 bits per heavy atom. The molecule has 0 saturated heterocycles. The zero-order valence-corrected chi connectivity index (χ0v) is 17.8. The summed E-state index contributed by atoms with van der Waals surface area (Å²) in [4.78, 5) is 23.6. The van der Waals surface area contributed by atoms with E-state index in [-0.39, 0.29) is 17.4 Å². The highest BCUT2D eigenvalue weighted by molar-refractivity contribution is 6.34. The minimum atomic E-state index is -0.368. The summed E-state index contributed by atoms with van der Waals surface area (Å²) >= 11 is 6.53. The molecule has 29 heavy (non-hydrogen) atoms. The predicted molar refractivity (Wildman–Crippen MR) is 115 cm³/mol. The fourth-order valence-electron chi connectivity index (χ4n) is 4.03. The Morgan fingerprint density at radius 3 is 2.62 bits per heavy atom. The van der Waals surface area contributed by atoms with Crippen LogP contribution >= 0.6 is 11.6 Å². The van der Waals surface area contributed by atoms with E-state index in [0.717, 1.165) is 12.8 Å². The Bertz CT molecular complexity index is 1150. The summed E-state index contributed by atoms with van der Waals surface area (Å²) in [5.41, 5.74) is 2.98. The number of rotatable bonds is 4. The van der Waals surface area contributed by atoms with Gasteiger partial charge in [0.05, 0.1) is 10.7 Å². The molecule has 2 aromatic heterocycles. The van der Waals surface area contributed by atoms with Crippen molar-refractivity contribution in [3.8, 4) is 11.1 Å². The molecule has 1 saturated carbocycles. The first-order chi connectivity index (χ1) is 13.8. The monoisotopic (exact) mass is 414 g/mol. The van der Waals surface area contributed by atoms with E-state index in [2.05, 4.69) is 16.9 Å². The Hall–Kier alpha value is -2.47. The van der Waals surface area contributed by atoms with E-state index in [1.54, 1.807) is 48.8 Å². The van der Waals surface area contributed by atoms with Crippen molar-refractivity contribution in [2.45, 2.75) is 39.2 Å². The molecule has 0 radical (unpaired) electrons. The van der Waals surface area contributed by atoms with Gasteiger partial charge in [-0.2, -0.15) is 0 Å². The van der Waals surface area contributed by atoms with Crippen molar-refractivity contribution in [3.63, 3.8) is 0 Å². The highest BCUT2D eigenvalue weighted by atomic mass is 35.5. The minimum Gasteiger partial charge on any atom is -0.375 e. The maximum absolute atomic E-state index is 14.7. The molecule has 1 fully saturated rings. The van der Waals surface area contributed by atoms with E-state index in [0.29, 0.717) is 44.6 Å². The number of fused-ring (bicyclic) bond motifs is 1. The largest absolute Gasteiger partial charge is 0.375 e. The van der Waals surface area contributed by atoms with Crippen molar-refractivity contribution >= 4 is 28.5 Å². The highest BCUT2D eigenvalue weighted by Crippen LogP contribution is 2.38.